The first-order chi connectivity index (χ1) is 28.3. The zero-order valence-corrected chi connectivity index (χ0v) is 34.0. The van der Waals surface area contributed by atoms with E-state index in [2.05, 4.69) is 26.6 Å². The quantitative estimate of drug-likeness (QED) is 0.0420. The van der Waals surface area contributed by atoms with E-state index in [1.165, 1.54) is 21.9 Å². The fraction of sp³-hybridized carbons (Fsp3) is 0.525. The summed E-state index contributed by atoms with van der Waals surface area (Å²) < 4.78 is 0. The lowest BCUT2D eigenvalue weighted by atomic mass is 10.1. The Balaban J connectivity index is 2.00. The lowest BCUT2D eigenvalue weighted by molar-refractivity contribution is -0.136. The number of nitrogens with zero attached hydrogens (tertiary/aromatic N) is 2. The lowest BCUT2D eigenvalue weighted by Crippen LogP contribution is -2.53. The van der Waals surface area contributed by atoms with Gasteiger partial charge in [0.05, 0.1) is 25.2 Å². The second kappa shape index (κ2) is 27.9. The first kappa shape index (κ1) is 49.5. The van der Waals surface area contributed by atoms with E-state index in [-0.39, 0.29) is 88.4 Å². The first-order valence-electron chi connectivity index (χ1n) is 20.0. The van der Waals surface area contributed by atoms with Crippen molar-refractivity contribution >= 4 is 41.4 Å². The fourth-order valence-electron chi connectivity index (χ4n) is 5.70. The standard InChI is InChI=1S/C40H63N11O8/c1-2-31(43)40(59)51(21-18-45-34(53)10-6-16-41)23-22-50(37(56)11-7-17-42)20-19-46-39(58)33(25-28-8-4-3-5-9-28)49-36(55)27-47-35(54)26-48-38(57)32(44)24-29-12-14-30(52)15-13-29/h3-5,8-9,12-15,31-33,52H,2,6-7,10-11,16-27,41-44H2,1H3,(H,45,53)(H,46,58)(H,47,54)(H,48,57)(H,49,55)/t31?,32-,33-/m0/s1. The maximum absolute atomic E-state index is 13.5. The van der Waals surface area contributed by atoms with Crippen molar-refractivity contribution in [1.29, 1.82) is 0 Å². The summed E-state index contributed by atoms with van der Waals surface area (Å²) in [6.07, 6.45) is 2.08. The van der Waals surface area contributed by atoms with Crippen LogP contribution in [0.2, 0.25) is 0 Å². The van der Waals surface area contributed by atoms with Crippen molar-refractivity contribution in [2.24, 2.45) is 22.9 Å². The molecule has 2 aromatic rings. The molecule has 0 spiro atoms. The molecule has 14 N–H and O–H groups in total. The van der Waals surface area contributed by atoms with E-state index in [1.807, 2.05) is 6.07 Å². The minimum atomic E-state index is -1.05. The molecule has 7 amide bonds. The van der Waals surface area contributed by atoms with Crippen LogP contribution in [0.5, 0.6) is 5.75 Å². The van der Waals surface area contributed by atoms with Crippen molar-refractivity contribution in [3.05, 3.63) is 65.7 Å². The molecule has 19 heteroatoms. The molecule has 0 saturated heterocycles. The molecule has 0 aliphatic heterocycles. The highest BCUT2D eigenvalue weighted by molar-refractivity contribution is 5.92. The van der Waals surface area contributed by atoms with Crippen molar-refractivity contribution < 1.29 is 38.7 Å². The minimum Gasteiger partial charge on any atom is -0.508 e. The van der Waals surface area contributed by atoms with Crippen LogP contribution in [0.15, 0.2) is 54.6 Å². The molecule has 0 aliphatic carbocycles. The first-order valence-corrected chi connectivity index (χ1v) is 20.0. The van der Waals surface area contributed by atoms with Gasteiger partial charge in [-0.05, 0) is 62.0 Å². The second-order valence-electron chi connectivity index (χ2n) is 13.9. The number of carbonyl (C=O) groups is 7. The zero-order valence-electron chi connectivity index (χ0n) is 34.0. The molecule has 0 heterocycles. The van der Waals surface area contributed by atoms with Crippen molar-refractivity contribution in [1.82, 2.24) is 36.4 Å². The Morgan fingerprint density at radius 1 is 0.627 bits per heavy atom. The summed E-state index contributed by atoms with van der Waals surface area (Å²) in [5, 5.41) is 22.5. The van der Waals surface area contributed by atoms with E-state index in [9.17, 15) is 38.7 Å². The van der Waals surface area contributed by atoms with Crippen LogP contribution >= 0.6 is 0 Å². The van der Waals surface area contributed by atoms with E-state index in [4.69, 9.17) is 22.9 Å². The van der Waals surface area contributed by atoms with Crippen molar-refractivity contribution in [3.8, 4) is 5.75 Å². The Morgan fingerprint density at radius 2 is 1.22 bits per heavy atom. The third-order valence-electron chi connectivity index (χ3n) is 9.18. The van der Waals surface area contributed by atoms with Crippen molar-refractivity contribution in [2.45, 2.75) is 70.0 Å². The van der Waals surface area contributed by atoms with Crippen LogP contribution in [-0.2, 0) is 46.4 Å². The Bertz CT molecular complexity index is 1630. The van der Waals surface area contributed by atoms with E-state index < -0.39 is 54.8 Å². The monoisotopic (exact) mass is 825 g/mol. The highest BCUT2D eigenvalue weighted by Crippen LogP contribution is 2.11. The summed E-state index contributed by atoms with van der Waals surface area (Å²) in [5.74, 6) is -3.09. The third kappa shape index (κ3) is 20.1. The number of benzene rings is 2. The van der Waals surface area contributed by atoms with Gasteiger partial charge in [0, 0.05) is 58.5 Å². The molecule has 2 aromatic carbocycles. The highest BCUT2D eigenvalue weighted by Gasteiger charge is 2.24. The van der Waals surface area contributed by atoms with Crippen LogP contribution in [0.4, 0.5) is 0 Å². The SMILES string of the molecule is CCC(N)C(=O)N(CCNC(=O)CCCN)CCN(CCNC(=O)[C@H](Cc1ccccc1)NC(=O)CNC(=O)CNC(=O)[C@@H](N)Cc1ccc(O)cc1)C(=O)CCCN. The molecule has 326 valence electrons. The third-order valence-corrected chi connectivity index (χ3v) is 9.18. The van der Waals surface area contributed by atoms with E-state index in [0.29, 0.717) is 32.4 Å². The number of hydrogen-bond acceptors (Lipinski definition) is 12. The molecular weight excluding hydrogens is 763 g/mol. The molecule has 2 rings (SSSR count). The van der Waals surface area contributed by atoms with Crippen LogP contribution in [-0.4, -0.2) is 140 Å². The van der Waals surface area contributed by atoms with Crippen LogP contribution in [0.1, 0.15) is 50.2 Å². The summed E-state index contributed by atoms with van der Waals surface area (Å²) in [7, 11) is 0. The maximum atomic E-state index is 13.5. The number of phenols is 1. The smallest absolute Gasteiger partial charge is 0.242 e. The summed E-state index contributed by atoms with van der Waals surface area (Å²) in [5.41, 5.74) is 24.6. The largest absolute Gasteiger partial charge is 0.508 e. The molecule has 0 bridgehead atoms. The summed E-state index contributed by atoms with van der Waals surface area (Å²) >= 11 is 0. The van der Waals surface area contributed by atoms with E-state index in [1.54, 1.807) is 43.3 Å². The molecule has 19 nitrogen and oxygen atoms in total. The summed E-state index contributed by atoms with van der Waals surface area (Å²) in [4.78, 5) is 92.9. The van der Waals surface area contributed by atoms with Gasteiger partial charge in [-0.3, -0.25) is 33.6 Å². The summed E-state index contributed by atoms with van der Waals surface area (Å²) in [6.45, 7) is 2.25. The molecule has 0 aromatic heterocycles. The Kier molecular flexibility index (Phi) is 23.4. The predicted octanol–water partition coefficient (Wildman–Crippen LogP) is -2.67. The van der Waals surface area contributed by atoms with Gasteiger partial charge < -0.3 is 64.4 Å². The minimum absolute atomic E-state index is 0.0132. The molecule has 3 atom stereocenters. The molecule has 0 fully saturated rings. The number of amides is 7. The van der Waals surface area contributed by atoms with Gasteiger partial charge >= 0.3 is 0 Å². The maximum Gasteiger partial charge on any atom is 0.242 e. The van der Waals surface area contributed by atoms with Gasteiger partial charge in [0.2, 0.25) is 41.4 Å². The number of nitrogens with two attached hydrogens (primary N) is 4. The average molecular weight is 826 g/mol. The number of nitrogens with one attached hydrogen (secondary N) is 5. The molecule has 0 radical (unpaired) electrons. The molecular formula is C40H63N11O8. The lowest BCUT2D eigenvalue weighted by Gasteiger charge is -2.30. The molecule has 59 heavy (non-hydrogen) atoms. The molecule has 0 saturated carbocycles. The van der Waals surface area contributed by atoms with Crippen LogP contribution in [0.3, 0.4) is 0 Å². The number of phenolic OH excluding ortho intramolecular Hbond substituents is 1. The highest BCUT2D eigenvalue weighted by atomic mass is 16.3. The van der Waals surface area contributed by atoms with Gasteiger partial charge in [-0.25, -0.2) is 0 Å². The number of carbonyl (C=O) groups excluding carboxylic acids is 7. The van der Waals surface area contributed by atoms with Crippen molar-refractivity contribution in [3.63, 3.8) is 0 Å². The van der Waals surface area contributed by atoms with Gasteiger partial charge in [0.1, 0.15) is 11.8 Å². The normalized spacial score (nSPS) is 12.3. The summed E-state index contributed by atoms with van der Waals surface area (Å²) in [6, 6.07) is 12.4. The Labute approximate surface area is 345 Å². The van der Waals surface area contributed by atoms with Crippen LogP contribution in [0, 0.1) is 0 Å². The van der Waals surface area contributed by atoms with Gasteiger partial charge in [-0.2, -0.15) is 0 Å². The van der Waals surface area contributed by atoms with E-state index >= 15 is 0 Å². The predicted molar refractivity (Wildman–Crippen MR) is 222 cm³/mol. The van der Waals surface area contributed by atoms with Crippen molar-refractivity contribution in [2.75, 3.05) is 65.4 Å². The molecule has 1 unspecified atom stereocenters. The van der Waals surface area contributed by atoms with Gasteiger partial charge in [-0.1, -0.05) is 49.4 Å². The Hall–Kier alpha value is -5.63. The van der Waals surface area contributed by atoms with Gasteiger partial charge in [0.25, 0.3) is 0 Å². The number of rotatable bonds is 28. The van der Waals surface area contributed by atoms with Crippen LogP contribution < -0.4 is 49.5 Å². The topological polar surface area (TPSA) is 310 Å². The fourth-order valence-corrected chi connectivity index (χ4v) is 5.70. The zero-order chi connectivity index (χ0) is 43.6. The van der Waals surface area contributed by atoms with Gasteiger partial charge in [0.15, 0.2) is 0 Å². The van der Waals surface area contributed by atoms with Gasteiger partial charge in [-0.15, -0.1) is 0 Å². The average Bonchev–Trinajstić information content (AvgIpc) is 3.23. The second-order valence-corrected chi connectivity index (χ2v) is 13.9. The number of hydrogen-bond donors (Lipinski definition) is 10. The number of aromatic hydroxyl groups is 1. The van der Waals surface area contributed by atoms with Crippen LogP contribution in [0.25, 0.3) is 0 Å². The van der Waals surface area contributed by atoms with E-state index in [0.717, 1.165) is 11.1 Å². The Morgan fingerprint density at radius 3 is 1.88 bits per heavy atom. The molecule has 0 aliphatic rings.